The minimum absolute atomic E-state index is 0.693. The Balaban J connectivity index is 1.70. The van der Waals surface area contributed by atoms with Crippen molar-refractivity contribution < 1.29 is 13.3 Å². The molecule has 2 aliphatic carbocycles. The first-order chi connectivity index (χ1) is 18.6. The highest BCUT2D eigenvalue weighted by Gasteiger charge is 2.26. The zero-order chi connectivity index (χ0) is 25.8. The predicted molar refractivity (Wildman–Crippen MR) is 158 cm³/mol. The maximum Gasteiger partial charge on any atom is 0.384 e. The van der Waals surface area contributed by atoms with E-state index in [-0.39, 0.29) is 0 Å². The maximum atomic E-state index is 11.2. The third-order valence-corrected chi connectivity index (χ3v) is 9.29. The second-order valence-electron chi connectivity index (χ2n) is 10.4. The molecule has 2 aliphatic rings. The van der Waals surface area contributed by atoms with Gasteiger partial charge in [-0.1, -0.05) is 47.5 Å². The number of hydrogen-bond donors (Lipinski definition) is 1. The summed E-state index contributed by atoms with van der Waals surface area (Å²) in [5, 5.41) is 3.60. The van der Waals surface area contributed by atoms with E-state index in [1.54, 1.807) is 0 Å². The Bertz CT molecular complexity index is 1610. The van der Waals surface area contributed by atoms with Gasteiger partial charge >= 0.3 is 8.24 Å². The van der Waals surface area contributed by atoms with Gasteiger partial charge in [-0.3, -0.25) is 4.89 Å². The predicted octanol–water partition coefficient (Wildman–Crippen LogP) is 10.4. The second kappa shape index (κ2) is 9.81. The standard InChI is InChI=1S/C32H27Cl2O3P/c33-23-13-9-19(10-14-23)27-17-21-5-1-3-7-25(21)29-30-26-8-4-2-6-22(26)18-28(20-11-15-24(34)16-12-20)32(30)37-38(35)36-31(27)29/h9-18,35H,1-8H2. The number of hydrogen-bond acceptors (Lipinski definition) is 3. The summed E-state index contributed by atoms with van der Waals surface area (Å²) in [5.74, 6) is 0. The minimum Gasteiger partial charge on any atom is -0.398 e. The van der Waals surface area contributed by atoms with Crippen molar-refractivity contribution in [2.75, 3.05) is 0 Å². The fraction of sp³-hybridized carbons (Fsp3) is 0.250. The normalized spacial score (nSPS) is 14.9. The smallest absolute Gasteiger partial charge is 0.384 e. The molecule has 0 saturated carbocycles. The highest BCUT2D eigenvalue weighted by Crippen LogP contribution is 2.47. The molecule has 6 heteroatoms. The van der Waals surface area contributed by atoms with Crippen molar-refractivity contribution in [1.82, 2.24) is 0 Å². The van der Waals surface area contributed by atoms with Crippen molar-refractivity contribution >= 4 is 53.4 Å². The van der Waals surface area contributed by atoms with Gasteiger partial charge in [-0.15, -0.1) is 0 Å². The van der Waals surface area contributed by atoms with E-state index in [9.17, 15) is 4.89 Å². The largest absolute Gasteiger partial charge is 0.398 e. The van der Waals surface area contributed by atoms with Gasteiger partial charge in [0, 0.05) is 31.9 Å². The van der Waals surface area contributed by atoms with Gasteiger partial charge in [-0.05, 0) is 121 Å². The first kappa shape index (κ1) is 24.4. The van der Waals surface area contributed by atoms with E-state index in [1.807, 2.05) is 48.5 Å². The van der Waals surface area contributed by atoms with E-state index in [2.05, 4.69) is 12.1 Å². The van der Waals surface area contributed by atoms with Crippen LogP contribution in [0.2, 0.25) is 10.0 Å². The quantitative estimate of drug-likeness (QED) is 0.233. The van der Waals surface area contributed by atoms with E-state index in [0.29, 0.717) is 10.0 Å². The molecule has 0 unspecified atom stereocenters. The van der Waals surface area contributed by atoms with E-state index < -0.39 is 8.24 Å². The Hall–Kier alpha value is -2.68. The summed E-state index contributed by atoms with van der Waals surface area (Å²) >= 11 is 12.5. The lowest BCUT2D eigenvalue weighted by Crippen LogP contribution is -2.07. The van der Waals surface area contributed by atoms with Gasteiger partial charge < -0.3 is 8.39 Å². The number of rotatable bonds is 2. The van der Waals surface area contributed by atoms with Crippen molar-refractivity contribution in [3.05, 3.63) is 93.0 Å². The van der Waals surface area contributed by atoms with Crippen LogP contribution in [0.1, 0.15) is 47.9 Å². The van der Waals surface area contributed by atoms with Gasteiger partial charge in [0.15, 0.2) is 11.2 Å². The molecule has 1 N–H and O–H groups in total. The lowest BCUT2D eigenvalue weighted by Gasteiger charge is -2.23. The topological polar surface area (TPSA) is 46.5 Å². The zero-order valence-corrected chi connectivity index (χ0v) is 23.3. The van der Waals surface area contributed by atoms with Crippen LogP contribution in [0.5, 0.6) is 0 Å². The second-order valence-corrected chi connectivity index (χ2v) is 12.1. The van der Waals surface area contributed by atoms with Crippen LogP contribution >= 0.6 is 31.4 Å². The van der Waals surface area contributed by atoms with Crippen molar-refractivity contribution in [2.45, 2.75) is 51.4 Å². The average Bonchev–Trinajstić information content (AvgIpc) is 3.09. The Morgan fingerprint density at radius 1 is 0.579 bits per heavy atom. The Kier molecular flexibility index (Phi) is 6.29. The van der Waals surface area contributed by atoms with Gasteiger partial charge in [-0.25, -0.2) is 0 Å². The molecule has 0 atom stereocenters. The summed E-state index contributed by atoms with van der Waals surface area (Å²) in [7, 11) is -2.20. The van der Waals surface area contributed by atoms with Gasteiger partial charge in [0.25, 0.3) is 0 Å². The fourth-order valence-corrected chi connectivity index (χ4v) is 7.33. The molecule has 0 fully saturated rings. The molecule has 192 valence electrons. The van der Waals surface area contributed by atoms with Gasteiger partial charge in [0.2, 0.25) is 0 Å². The highest BCUT2D eigenvalue weighted by molar-refractivity contribution is 7.30. The van der Waals surface area contributed by atoms with E-state index >= 15 is 0 Å². The van der Waals surface area contributed by atoms with Crippen molar-refractivity contribution in [2.24, 2.45) is 0 Å². The third kappa shape index (κ3) is 4.17. The summed E-state index contributed by atoms with van der Waals surface area (Å²) in [6.45, 7) is 0. The van der Waals surface area contributed by atoms with Crippen LogP contribution in [0, 0.1) is 0 Å². The molecule has 0 amide bonds. The molecule has 1 aromatic heterocycles. The molecule has 0 radical (unpaired) electrons. The average molecular weight is 561 g/mol. The molecule has 3 nitrogen and oxygen atoms in total. The Labute approximate surface area is 232 Å². The van der Waals surface area contributed by atoms with Crippen molar-refractivity contribution in [3.8, 4) is 22.3 Å². The van der Waals surface area contributed by atoms with Crippen LogP contribution in [0.3, 0.4) is 0 Å². The van der Waals surface area contributed by atoms with Gasteiger partial charge in [-0.2, -0.15) is 0 Å². The Morgan fingerprint density at radius 3 is 1.39 bits per heavy atom. The number of fused-ring (bicyclic) bond motifs is 7. The SMILES string of the molecule is Op1oc2c(-c3ccc(Cl)cc3)cc3c(c2c2c4c(cc(-c5ccc(Cl)cc5)c2o1)CCCC4)CCCC3. The molecule has 5 aromatic rings. The molecule has 0 saturated heterocycles. The first-order valence-electron chi connectivity index (χ1n) is 13.3. The van der Waals surface area contributed by atoms with Crippen molar-refractivity contribution in [3.63, 3.8) is 0 Å². The van der Waals surface area contributed by atoms with Gasteiger partial charge in [0.1, 0.15) is 0 Å². The third-order valence-electron chi connectivity index (χ3n) is 8.10. The summed E-state index contributed by atoms with van der Waals surface area (Å²) in [5.41, 5.74) is 10.8. The summed E-state index contributed by atoms with van der Waals surface area (Å²) in [4.78, 5) is 11.2. The molecule has 0 bridgehead atoms. The lowest BCUT2D eigenvalue weighted by molar-refractivity contribution is 0.496. The van der Waals surface area contributed by atoms with E-state index in [1.165, 1.54) is 35.1 Å². The lowest BCUT2D eigenvalue weighted by atomic mass is 9.81. The molecule has 38 heavy (non-hydrogen) atoms. The van der Waals surface area contributed by atoms with Crippen LogP contribution in [-0.4, -0.2) is 4.89 Å². The zero-order valence-electron chi connectivity index (χ0n) is 20.9. The fourth-order valence-electron chi connectivity index (χ4n) is 6.35. The van der Waals surface area contributed by atoms with E-state index in [4.69, 9.17) is 31.6 Å². The van der Waals surface area contributed by atoms with Crippen LogP contribution in [0.15, 0.2) is 69.1 Å². The van der Waals surface area contributed by atoms with Crippen LogP contribution < -0.4 is 0 Å². The number of benzene rings is 4. The molecule has 4 aromatic carbocycles. The maximum absolute atomic E-state index is 11.2. The number of halogens is 2. The van der Waals surface area contributed by atoms with Crippen LogP contribution in [0.4, 0.5) is 0 Å². The summed E-state index contributed by atoms with van der Waals surface area (Å²) in [6, 6.07) is 20.3. The summed E-state index contributed by atoms with van der Waals surface area (Å²) < 4.78 is 12.7. The number of aryl methyl sites for hydroxylation is 4. The molecule has 0 spiro atoms. The molecule has 7 rings (SSSR count). The van der Waals surface area contributed by atoms with Crippen molar-refractivity contribution in [1.29, 1.82) is 0 Å². The molecule has 1 heterocycles. The summed E-state index contributed by atoms with van der Waals surface area (Å²) in [6.07, 6.45) is 8.68. The van der Waals surface area contributed by atoms with Crippen LogP contribution in [-0.2, 0) is 25.7 Å². The Morgan fingerprint density at radius 2 is 0.974 bits per heavy atom. The first-order valence-corrected chi connectivity index (χ1v) is 15.2. The van der Waals surface area contributed by atoms with Gasteiger partial charge in [0.05, 0.1) is 0 Å². The molecular weight excluding hydrogens is 534 g/mol. The molecular formula is C32H27Cl2O3P. The minimum atomic E-state index is -2.20. The molecule has 0 aliphatic heterocycles. The highest BCUT2D eigenvalue weighted by atomic mass is 35.5. The van der Waals surface area contributed by atoms with E-state index in [0.717, 1.165) is 82.7 Å². The monoisotopic (exact) mass is 560 g/mol. The van der Waals surface area contributed by atoms with Crippen LogP contribution in [0.25, 0.3) is 44.2 Å².